The maximum Gasteiger partial charge on any atom is 0.260 e. The summed E-state index contributed by atoms with van der Waals surface area (Å²) in [6.07, 6.45) is 4.82. The Balaban J connectivity index is 2.17. The second-order valence-electron chi connectivity index (χ2n) is 3.46. The molecule has 84 valence electrons. The molecule has 0 amide bonds. The van der Waals surface area contributed by atoms with Crippen LogP contribution < -0.4 is 5.73 Å². The third-order valence-electron chi connectivity index (χ3n) is 2.35. The molecule has 2 aromatic heterocycles. The monoisotopic (exact) mass is 243 g/mol. The van der Waals surface area contributed by atoms with Crippen molar-refractivity contribution < 1.29 is 4.42 Å². The molecule has 3 rings (SSSR count). The van der Waals surface area contributed by atoms with Crippen molar-refractivity contribution in [3.8, 4) is 0 Å². The van der Waals surface area contributed by atoms with Crippen LogP contribution in [0.3, 0.4) is 0 Å². The number of oxazole rings is 1. The fourth-order valence-electron chi connectivity index (χ4n) is 1.59. The number of fused-ring (bicyclic) bond motifs is 1. The van der Waals surface area contributed by atoms with Gasteiger partial charge in [0.05, 0.1) is 28.5 Å². The van der Waals surface area contributed by atoms with Crippen molar-refractivity contribution in [2.75, 3.05) is 5.73 Å². The predicted octanol–water partition coefficient (Wildman–Crippen LogP) is 2.96. The van der Waals surface area contributed by atoms with Crippen LogP contribution in [0.2, 0.25) is 0 Å². The summed E-state index contributed by atoms with van der Waals surface area (Å²) < 4.78 is 5.22. The van der Waals surface area contributed by atoms with Gasteiger partial charge < -0.3 is 10.2 Å². The molecule has 0 spiro atoms. The number of nitrogens with zero attached hydrogens (tertiary/aromatic N) is 2. The van der Waals surface area contributed by atoms with Crippen LogP contribution in [-0.2, 0) is 0 Å². The highest BCUT2D eigenvalue weighted by molar-refractivity contribution is 7.99. The Kier molecular flexibility index (Phi) is 2.45. The number of aromatic nitrogens is 2. The molecular formula is C12H9N3OS. The van der Waals surface area contributed by atoms with Gasteiger partial charge >= 0.3 is 0 Å². The van der Waals surface area contributed by atoms with E-state index in [1.807, 2.05) is 24.3 Å². The molecule has 0 saturated carbocycles. The van der Waals surface area contributed by atoms with Crippen molar-refractivity contribution in [3.63, 3.8) is 0 Å². The number of anilines is 1. The van der Waals surface area contributed by atoms with Crippen molar-refractivity contribution in [2.45, 2.75) is 10.1 Å². The Morgan fingerprint density at radius 3 is 2.88 bits per heavy atom. The van der Waals surface area contributed by atoms with E-state index in [4.69, 9.17) is 10.2 Å². The molecule has 1 aromatic carbocycles. The van der Waals surface area contributed by atoms with Crippen LogP contribution in [-0.4, -0.2) is 9.97 Å². The zero-order valence-electron chi connectivity index (χ0n) is 8.83. The maximum absolute atomic E-state index is 5.95. The summed E-state index contributed by atoms with van der Waals surface area (Å²) in [5.41, 5.74) is 7.49. The summed E-state index contributed by atoms with van der Waals surface area (Å²) in [5, 5.41) is 1.59. The molecule has 0 saturated heterocycles. The Morgan fingerprint density at radius 2 is 2.06 bits per heavy atom. The molecule has 0 bridgehead atoms. The number of pyridine rings is 1. The van der Waals surface area contributed by atoms with E-state index >= 15 is 0 Å². The summed E-state index contributed by atoms with van der Waals surface area (Å²) in [4.78, 5) is 9.29. The fourth-order valence-corrected chi connectivity index (χ4v) is 2.44. The first kappa shape index (κ1) is 10.2. The lowest BCUT2D eigenvalue weighted by Gasteiger charge is -2.06. The van der Waals surface area contributed by atoms with Gasteiger partial charge in [-0.25, -0.2) is 4.98 Å². The predicted molar refractivity (Wildman–Crippen MR) is 66.8 cm³/mol. The van der Waals surface area contributed by atoms with Gasteiger partial charge in [0.2, 0.25) is 0 Å². The number of rotatable bonds is 2. The molecule has 4 nitrogen and oxygen atoms in total. The molecule has 5 heteroatoms. The van der Waals surface area contributed by atoms with E-state index in [-0.39, 0.29) is 0 Å². The van der Waals surface area contributed by atoms with Crippen LogP contribution in [0, 0.1) is 0 Å². The highest BCUT2D eigenvalue weighted by atomic mass is 32.2. The smallest absolute Gasteiger partial charge is 0.260 e. The normalized spacial score (nSPS) is 10.8. The van der Waals surface area contributed by atoms with Crippen molar-refractivity contribution in [2.24, 2.45) is 0 Å². The topological polar surface area (TPSA) is 64.9 Å². The molecule has 0 aliphatic rings. The lowest BCUT2D eigenvalue weighted by Crippen LogP contribution is -1.92. The van der Waals surface area contributed by atoms with Gasteiger partial charge in [-0.1, -0.05) is 18.2 Å². The van der Waals surface area contributed by atoms with Crippen LogP contribution in [0.5, 0.6) is 0 Å². The lowest BCUT2D eigenvalue weighted by atomic mass is 10.2. The van der Waals surface area contributed by atoms with Gasteiger partial charge in [-0.2, -0.15) is 0 Å². The Bertz CT molecular complexity index is 652. The minimum atomic E-state index is 0.577. The summed E-state index contributed by atoms with van der Waals surface area (Å²) >= 11 is 1.41. The van der Waals surface area contributed by atoms with Crippen molar-refractivity contribution in [1.82, 2.24) is 9.97 Å². The number of benzene rings is 1. The van der Waals surface area contributed by atoms with Crippen molar-refractivity contribution >= 4 is 28.4 Å². The number of nitrogens with two attached hydrogens (primary N) is 1. The first-order chi connectivity index (χ1) is 8.34. The first-order valence-electron chi connectivity index (χ1n) is 5.05. The van der Waals surface area contributed by atoms with Crippen LogP contribution >= 0.6 is 11.8 Å². The highest BCUT2D eigenvalue weighted by Gasteiger charge is 2.10. The summed E-state index contributed by atoms with van der Waals surface area (Å²) in [6, 6.07) is 7.85. The molecule has 0 aliphatic heterocycles. The van der Waals surface area contributed by atoms with Gasteiger partial charge in [0.15, 0.2) is 0 Å². The number of hydrogen-bond acceptors (Lipinski definition) is 5. The molecule has 0 radical (unpaired) electrons. The van der Waals surface area contributed by atoms with E-state index < -0.39 is 0 Å². The Hall–Kier alpha value is -2.01. The molecule has 0 unspecified atom stereocenters. The lowest BCUT2D eigenvalue weighted by molar-refractivity contribution is 0.454. The number of hydrogen-bond donors (Lipinski definition) is 1. The maximum atomic E-state index is 5.95. The average Bonchev–Trinajstić information content (AvgIpc) is 2.86. The summed E-state index contributed by atoms with van der Waals surface area (Å²) in [7, 11) is 0. The van der Waals surface area contributed by atoms with Crippen LogP contribution in [0.1, 0.15) is 0 Å². The van der Waals surface area contributed by atoms with Crippen LogP contribution in [0.4, 0.5) is 5.69 Å². The van der Waals surface area contributed by atoms with Gasteiger partial charge in [-0.15, -0.1) is 0 Å². The molecule has 0 aliphatic carbocycles. The Labute approximate surface area is 102 Å². The number of nitrogen functional groups attached to an aromatic ring is 1. The van der Waals surface area contributed by atoms with E-state index in [0.29, 0.717) is 10.9 Å². The second kappa shape index (κ2) is 4.10. The van der Waals surface area contributed by atoms with Gasteiger partial charge in [-0.05, 0) is 17.8 Å². The van der Waals surface area contributed by atoms with Crippen molar-refractivity contribution in [1.29, 1.82) is 0 Å². The SMILES string of the molecule is Nc1cnc2ccccc2c1Sc1ncco1. The van der Waals surface area contributed by atoms with E-state index in [9.17, 15) is 0 Å². The van der Waals surface area contributed by atoms with E-state index in [1.165, 1.54) is 11.8 Å². The van der Waals surface area contributed by atoms with E-state index in [1.54, 1.807) is 18.7 Å². The standard InChI is InChI=1S/C12H9N3OS/c13-9-7-15-10-4-2-1-3-8(10)11(9)17-12-14-5-6-16-12/h1-7H,13H2. The molecule has 0 atom stereocenters. The van der Waals surface area contributed by atoms with Crippen LogP contribution in [0.25, 0.3) is 10.9 Å². The van der Waals surface area contributed by atoms with E-state index in [0.717, 1.165) is 15.8 Å². The largest absolute Gasteiger partial charge is 0.440 e. The molecule has 2 heterocycles. The molecular weight excluding hydrogens is 234 g/mol. The minimum Gasteiger partial charge on any atom is -0.440 e. The fraction of sp³-hybridized carbons (Fsp3) is 0. The van der Waals surface area contributed by atoms with Gasteiger partial charge in [0.1, 0.15) is 6.26 Å². The minimum absolute atomic E-state index is 0.577. The Morgan fingerprint density at radius 1 is 1.18 bits per heavy atom. The van der Waals surface area contributed by atoms with E-state index in [2.05, 4.69) is 9.97 Å². The zero-order chi connectivity index (χ0) is 11.7. The third-order valence-corrected chi connectivity index (χ3v) is 3.39. The quantitative estimate of drug-likeness (QED) is 0.749. The third kappa shape index (κ3) is 1.85. The molecule has 0 fully saturated rings. The first-order valence-corrected chi connectivity index (χ1v) is 5.87. The van der Waals surface area contributed by atoms with Crippen molar-refractivity contribution in [3.05, 3.63) is 42.9 Å². The molecule has 2 N–H and O–H groups in total. The second-order valence-corrected chi connectivity index (χ2v) is 4.42. The molecule has 3 aromatic rings. The number of para-hydroxylation sites is 1. The zero-order valence-corrected chi connectivity index (χ0v) is 9.65. The summed E-state index contributed by atoms with van der Waals surface area (Å²) in [6.45, 7) is 0. The summed E-state index contributed by atoms with van der Waals surface area (Å²) in [5.74, 6) is 0. The van der Waals surface area contributed by atoms with Gasteiger partial charge in [0, 0.05) is 5.39 Å². The molecule has 17 heavy (non-hydrogen) atoms. The van der Waals surface area contributed by atoms with Crippen LogP contribution in [0.15, 0.2) is 57.5 Å². The average molecular weight is 243 g/mol. The van der Waals surface area contributed by atoms with Gasteiger partial charge in [0.25, 0.3) is 5.22 Å². The highest BCUT2D eigenvalue weighted by Crippen LogP contribution is 2.35. The van der Waals surface area contributed by atoms with Gasteiger partial charge in [-0.3, -0.25) is 4.98 Å².